The summed E-state index contributed by atoms with van der Waals surface area (Å²) in [6.07, 6.45) is -0.321. The minimum absolute atomic E-state index is 0.321. The summed E-state index contributed by atoms with van der Waals surface area (Å²) in [7, 11) is -3.65. The Labute approximate surface area is 99.7 Å². The number of carboxylic acids is 1. The molecule has 0 aliphatic carbocycles. The number of carboxylic acid groups (broad SMARTS) is 1. The first-order chi connectivity index (χ1) is 7.84. The number of benzene rings is 1. The molecule has 0 heterocycles. The highest BCUT2D eigenvalue weighted by Crippen LogP contribution is 2.52. The topological polar surface area (TPSA) is 105 Å². The summed E-state index contributed by atoms with van der Waals surface area (Å²) in [5.41, 5.74) is 4.29. The lowest BCUT2D eigenvalue weighted by Gasteiger charge is -2.20. The predicted octanol–water partition coefficient (Wildman–Crippen LogP) is -0.417. The van der Waals surface area contributed by atoms with Gasteiger partial charge in [-0.3, -0.25) is 4.57 Å². The zero-order valence-corrected chi connectivity index (χ0v) is 10.5. The van der Waals surface area contributed by atoms with E-state index in [4.69, 9.17) is 0 Å². The normalized spacial score (nSPS) is 18.1. The van der Waals surface area contributed by atoms with Crippen molar-refractivity contribution in [1.29, 1.82) is 0 Å². The van der Waals surface area contributed by atoms with Crippen LogP contribution >= 0.6 is 7.37 Å². The number of quaternary nitrogens is 1. The summed E-state index contributed by atoms with van der Waals surface area (Å²) >= 11 is 0. The van der Waals surface area contributed by atoms with Gasteiger partial charge in [0.05, 0.1) is 0 Å². The van der Waals surface area contributed by atoms with Gasteiger partial charge in [0.1, 0.15) is 0 Å². The van der Waals surface area contributed by atoms with Crippen LogP contribution in [0.4, 0.5) is 0 Å². The fourth-order valence-corrected chi connectivity index (χ4v) is 3.33. The van der Waals surface area contributed by atoms with E-state index in [1.807, 2.05) is 0 Å². The molecule has 5 nitrogen and oxygen atoms in total. The molecule has 0 fully saturated rings. The SMILES string of the molecule is C[C@@H](CP(=O)(O)[C@H]([NH3+])c1ccccc1)C(=O)[O-]. The molecule has 0 spiro atoms. The quantitative estimate of drug-likeness (QED) is 0.699. The standard InChI is InChI=1S/C11H16NO4P/c1-8(11(13)14)7-17(15,16)10(12)9-5-3-2-4-6-9/h2-6,8,10H,7,12H2,1H3,(H,13,14)(H,15,16)/t8-,10-/m0/s1. The third-order valence-electron chi connectivity index (χ3n) is 2.61. The first-order valence-corrected chi connectivity index (χ1v) is 7.16. The number of aliphatic carboxylic acids is 1. The Hall–Kier alpha value is -1.16. The van der Waals surface area contributed by atoms with Crippen molar-refractivity contribution in [2.24, 2.45) is 5.92 Å². The van der Waals surface area contributed by atoms with Crippen LogP contribution in [0.2, 0.25) is 0 Å². The van der Waals surface area contributed by atoms with Crippen LogP contribution < -0.4 is 10.8 Å². The van der Waals surface area contributed by atoms with Crippen LogP contribution in [0.3, 0.4) is 0 Å². The van der Waals surface area contributed by atoms with Crippen molar-refractivity contribution in [2.75, 3.05) is 6.16 Å². The molecule has 0 radical (unpaired) electrons. The van der Waals surface area contributed by atoms with Crippen LogP contribution in [-0.4, -0.2) is 17.0 Å². The van der Waals surface area contributed by atoms with Crippen LogP contribution in [0.1, 0.15) is 18.3 Å². The number of rotatable bonds is 5. The molecule has 6 heteroatoms. The first kappa shape index (κ1) is 13.9. The van der Waals surface area contributed by atoms with Gasteiger partial charge in [0.25, 0.3) is 7.37 Å². The van der Waals surface area contributed by atoms with Gasteiger partial charge >= 0.3 is 0 Å². The van der Waals surface area contributed by atoms with E-state index >= 15 is 0 Å². The van der Waals surface area contributed by atoms with E-state index in [9.17, 15) is 19.4 Å². The van der Waals surface area contributed by atoms with E-state index in [0.717, 1.165) is 0 Å². The summed E-state index contributed by atoms with van der Waals surface area (Å²) in [5.74, 6) is -3.09. The summed E-state index contributed by atoms with van der Waals surface area (Å²) < 4.78 is 12.0. The lowest BCUT2D eigenvalue weighted by molar-refractivity contribution is -0.397. The van der Waals surface area contributed by atoms with Crippen LogP contribution in [0.15, 0.2) is 30.3 Å². The summed E-state index contributed by atoms with van der Waals surface area (Å²) in [6, 6.07) is 8.68. The lowest BCUT2D eigenvalue weighted by atomic mass is 10.2. The molecule has 0 aliphatic heterocycles. The number of carbonyl (C=O) groups is 1. The van der Waals surface area contributed by atoms with Crippen LogP contribution in [0, 0.1) is 5.92 Å². The van der Waals surface area contributed by atoms with Crippen LogP contribution in [0.25, 0.3) is 0 Å². The molecule has 3 atom stereocenters. The van der Waals surface area contributed by atoms with Gasteiger partial charge < -0.3 is 20.5 Å². The second kappa shape index (κ2) is 5.45. The van der Waals surface area contributed by atoms with Gasteiger partial charge in [0, 0.05) is 23.6 Å². The molecule has 1 aromatic carbocycles. The lowest BCUT2D eigenvalue weighted by Crippen LogP contribution is -2.53. The van der Waals surface area contributed by atoms with Crippen molar-refractivity contribution in [1.82, 2.24) is 0 Å². The minimum Gasteiger partial charge on any atom is -0.550 e. The Balaban J connectivity index is 2.84. The third-order valence-corrected chi connectivity index (χ3v) is 4.95. The Bertz CT molecular complexity index is 434. The van der Waals surface area contributed by atoms with Gasteiger partial charge in [-0.1, -0.05) is 37.3 Å². The fraction of sp³-hybridized carbons (Fsp3) is 0.364. The molecule has 17 heavy (non-hydrogen) atoms. The summed E-state index contributed by atoms with van der Waals surface area (Å²) in [5, 5.41) is 10.6. The van der Waals surface area contributed by atoms with Crippen molar-refractivity contribution in [2.45, 2.75) is 12.7 Å². The van der Waals surface area contributed by atoms with Gasteiger partial charge in [-0.05, 0) is 0 Å². The average molecular weight is 257 g/mol. The Morgan fingerprint density at radius 3 is 2.47 bits per heavy atom. The highest BCUT2D eigenvalue weighted by atomic mass is 31.2. The number of carbonyl (C=O) groups excluding carboxylic acids is 1. The van der Waals surface area contributed by atoms with Crippen molar-refractivity contribution in [3.63, 3.8) is 0 Å². The molecule has 0 aliphatic rings. The Morgan fingerprint density at radius 2 is 2.00 bits per heavy atom. The largest absolute Gasteiger partial charge is 0.550 e. The van der Waals surface area contributed by atoms with Crippen LogP contribution in [-0.2, 0) is 9.36 Å². The van der Waals surface area contributed by atoms with Crippen molar-refractivity contribution in [3.05, 3.63) is 35.9 Å². The maximum atomic E-state index is 12.0. The molecule has 0 saturated heterocycles. The highest BCUT2D eigenvalue weighted by Gasteiger charge is 2.34. The zero-order chi connectivity index (χ0) is 13.1. The van der Waals surface area contributed by atoms with Crippen molar-refractivity contribution in [3.8, 4) is 0 Å². The molecule has 0 amide bonds. The molecule has 0 bridgehead atoms. The average Bonchev–Trinajstić information content (AvgIpc) is 2.28. The van der Waals surface area contributed by atoms with Gasteiger partial charge in [-0.2, -0.15) is 0 Å². The first-order valence-electron chi connectivity index (χ1n) is 5.25. The highest BCUT2D eigenvalue weighted by molar-refractivity contribution is 7.58. The minimum atomic E-state index is -3.65. The smallest absolute Gasteiger partial charge is 0.261 e. The Morgan fingerprint density at radius 1 is 1.47 bits per heavy atom. The van der Waals surface area contributed by atoms with Gasteiger partial charge in [-0.25, -0.2) is 0 Å². The Kier molecular flexibility index (Phi) is 4.46. The second-order valence-electron chi connectivity index (χ2n) is 4.08. The van der Waals surface area contributed by atoms with E-state index in [2.05, 4.69) is 5.73 Å². The molecule has 0 saturated carbocycles. The van der Waals surface area contributed by atoms with Crippen molar-refractivity contribution < 1.29 is 25.1 Å². The van der Waals surface area contributed by atoms with E-state index in [0.29, 0.717) is 5.56 Å². The summed E-state index contributed by atoms with van der Waals surface area (Å²) in [4.78, 5) is 20.4. The van der Waals surface area contributed by atoms with Gasteiger partial charge in [0.2, 0.25) is 0 Å². The molecule has 1 rings (SSSR count). The number of hydrogen-bond acceptors (Lipinski definition) is 3. The van der Waals surface area contributed by atoms with Crippen molar-refractivity contribution >= 4 is 13.3 Å². The number of hydrogen-bond donors (Lipinski definition) is 2. The fourth-order valence-electron chi connectivity index (χ4n) is 1.50. The molecule has 1 unspecified atom stereocenters. The molecule has 0 aromatic heterocycles. The van der Waals surface area contributed by atoms with E-state index in [1.165, 1.54) is 6.92 Å². The van der Waals surface area contributed by atoms with E-state index in [-0.39, 0.29) is 6.16 Å². The van der Waals surface area contributed by atoms with E-state index in [1.54, 1.807) is 30.3 Å². The zero-order valence-electron chi connectivity index (χ0n) is 9.57. The molecule has 4 N–H and O–H groups in total. The monoisotopic (exact) mass is 257 g/mol. The van der Waals surface area contributed by atoms with Crippen LogP contribution in [0.5, 0.6) is 0 Å². The maximum Gasteiger partial charge on any atom is 0.261 e. The molecule has 94 valence electrons. The molecular weight excluding hydrogens is 241 g/mol. The third kappa shape index (κ3) is 3.66. The van der Waals surface area contributed by atoms with E-state index < -0.39 is 25.0 Å². The second-order valence-corrected chi connectivity index (χ2v) is 6.58. The van der Waals surface area contributed by atoms with Gasteiger partial charge in [-0.15, -0.1) is 0 Å². The van der Waals surface area contributed by atoms with Gasteiger partial charge in [0.15, 0.2) is 5.78 Å². The molecule has 1 aromatic rings. The summed E-state index contributed by atoms with van der Waals surface area (Å²) in [6.45, 7) is 1.36. The molecular formula is C11H16NO4P. The predicted molar refractivity (Wildman–Crippen MR) is 60.9 cm³/mol. The maximum absolute atomic E-state index is 12.0.